The number of urea groups is 1. The molecule has 4 rings (SSSR count). The maximum absolute atomic E-state index is 13.3. The normalized spacial score (nSPS) is 18.6. The average molecular weight is 426 g/mol. The molecule has 1 aliphatic heterocycles. The minimum Gasteiger partial charge on any atom is -0.497 e. The number of rotatable bonds is 6. The Hall–Kier alpha value is -3.32. The fraction of sp³-hybridized carbons (Fsp3) is 0.227. The van der Waals surface area contributed by atoms with Gasteiger partial charge >= 0.3 is 6.03 Å². The summed E-state index contributed by atoms with van der Waals surface area (Å²) in [5, 5.41) is 3.36. The highest BCUT2D eigenvalue weighted by Crippen LogP contribution is 2.34. The van der Waals surface area contributed by atoms with Crippen LogP contribution in [0, 0.1) is 0 Å². The molecule has 0 aliphatic carbocycles. The number of nitrogens with zero attached hydrogens (tertiary/aromatic N) is 2. The van der Waals surface area contributed by atoms with Crippen LogP contribution in [0.15, 0.2) is 59.2 Å². The molecule has 0 radical (unpaired) electrons. The molecular formula is C22H20ClN3O4. The molecule has 30 heavy (non-hydrogen) atoms. The Balaban J connectivity index is 1.59. The summed E-state index contributed by atoms with van der Waals surface area (Å²) in [5.41, 5.74) is 0.668. The highest BCUT2D eigenvalue weighted by molar-refractivity contribution is 6.33. The first-order chi connectivity index (χ1) is 14.5. The number of imide groups is 1. The number of hydrogen-bond donors (Lipinski definition) is 1. The first kappa shape index (κ1) is 20.0. The van der Waals surface area contributed by atoms with Gasteiger partial charge in [-0.15, -0.1) is 0 Å². The highest BCUT2D eigenvalue weighted by Gasteiger charge is 2.51. The molecule has 154 valence electrons. The van der Waals surface area contributed by atoms with Crippen LogP contribution in [0.3, 0.4) is 0 Å². The number of aromatic nitrogens is 1. The van der Waals surface area contributed by atoms with Crippen LogP contribution < -0.4 is 10.1 Å². The van der Waals surface area contributed by atoms with Gasteiger partial charge in [0.1, 0.15) is 17.6 Å². The zero-order valence-electron chi connectivity index (χ0n) is 16.5. The SMILES string of the molecule is CC[C@]1(c2ccc(OC)cc2)NC(=O)N(Cc2coc(-c3ccccc3Cl)n2)C1=O. The lowest BCUT2D eigenvalue weighted by atomic mass is 9.87. The Morgan fingerprint density at radius 3 is 2.57 bits per heavy atom. The minimum absolute atomic E-state index is 0.00345. The summed E-state index contributed by atoms with van der Waals surface area (Å²) in [6, 6.07) is 13.8. The van der Waals surface area contributed by atoms with E-state index in [1.165, 1.54) is 6.26 Å². The Kier molecular flexibility index (Phi) is 5.22. The molecule has 0 unspecified atom stereocenters. The van der Waals surface area contributed by atoms with Gasteiger partial charge in [-0.1, -0.05) is 42.8 Å². The lowest BCUT2D eigenvalue weighted by molar-refractivity contribution is -0.132. The molecule has 1 aliphatic rings. The fourth-order valence-electron chi connectivity index (χ4n) is 3.58. The van der Waals surface area contributed by atoms with Gasteiger partial charge in [0.25, 0.3) is 5.91 Å². The molecule has 2 heterocycles. The van der Waals surface area contributed by atoms with Crippen LogP contribution >= 0.6 is 11.6 Å². The molecule has 1 aromatic heterocycles. The summed E-state index contributed by atoms with van der Waals surface area (Å²) in [5.74, 6) is 0.676. The van der Waals surface area contributed by atoms with Crippen LogP contribution in [0.2, 0.25) is 5.02 Å². The first-order valence-corrected chi connectivity index (χ1v) is 9.84. The van der Waals surface area contributed by atoms with Gasteiger partial charge in [0.15, 0.2) is 0 Å². The van der Waals surface area contributed by atoms with Crippen molar-refractivity contribution in [1.29, 1.82) is 0 Å². The van der Waals surface area contributed by atoms with E-state index >= 15 is 0 Å². The maximum atomic E-state index is 13.3. The number of benzene rings is 2. The number of carbonyl (C=O) groups excluding carboxylic acids is 2. The van der Waals surface area contributed by atoms with Gasteiger partial charge in [-0.2, -0.15) is 0 Å². The molecular weight excluding hydrogens is 406 g/mol. The van der Waals surface area contributed by atoms with Gasteiger partial charge < -0.3 is 14.5 Å². The second kappa shape index (κ2) is 7.84. The number of amides is 3. The Bertz CT molecular complexity index is 1100. The van der Waals surface area contributed by atoms with E-state index in [1.54, 1.807) is 43.5 Å². The fourth-order valence-corrected chi connectivity index (χ4v) is 3.80. The van der Waals surface area contributed by atoms with Gasteiger partial charge in [0.2, 0.25) is 5.89 Å². The zero-order chi connectivity index (χ0) is 21.3. The summed E-state index contributed by atoms with van der Waals surface area (Å²) >= 11 is 6.19. The Morgan fingerprint density at radius 1 is 1.17 bits per heavy atom. The number of methoxy groups -OCH3 is 1. The molecule has 0 spiro atoms. The number of oxazole rings is 1. The summed E-state index contributed by atoms with van der Waals surface area (Å²) in [6.07, 6.45) is 1.84. The average Bonchev–Trinajstić information content (AvgIpc) is 3.33. The smallest absolute Gasteiger partial charge is 0.325 e. The van der Waals surface area contributed by atoms with Crippen LogP contribution in [-0.4, -0.2) is 28.9 Å². The van der Waals surface area contributed by atoms with Crippen LogP contribution in [0.5, 0.6) is 5.75 Å². The first-order valence-electron chi connectivity index (χ1n) is 9.46. The third-order valence-corrected chi connectivity index (χ3v) is 5.59. The lowest BCUT2D eigenvalue weighted by Gasteiger charge is -2.25. The monoisotopic (exact) mass is 425 g/mol. The Morgan fingerprint density at radius 2 is 1.90 bits per heavy atom. The largest absolute Gasteiger partial charge is 0.497 e. The lowest BCUT2D eigenvalue weighted by Crippen LogP contribution is -2.43. The molecule has 1 saturated heterocycles. The van der Waals surface area contributed by atoms with Crippen molar-refractivity contribution in [2.75, 3.05) is 7.11 Å². The summed E-state index contributed by atoms with van der Waals surface area (Å²) in [6.45, 7) is 1.86. The zero-order valence-corrected chi connectivity index (χ0v) is 17.3. The molecule has 3 aromatic rings. The number of ether oxygens (including phenoxy) is 1. The van der Waals surface area contributed by atoms with Crippen molar-refractivity contribution in [2.24, 2.45) is 0 Å². The van der Waals surface area contributed by atoms with Crippen molar-refractivity contribution in [3.05, 3.63) is 71.1 Å². The van der Waals surface area contributed by atoms with Crippen molar-refractivity contribution in [2.45, 2.75) is 25.4 Å². The van der Waals surface area contributed by atoms with Crippen LogP contribution in [0.25, 0.3) is 11.5 Å². The summed E-state index contributed by atoms with van der Waals surface area (Å²) in [4.78, 5) is 31.5. The van der Waals surface area contributed by atoms with E-state index in [0.717, 1.165) is 4.90 Å². The summed E-state index contributed by atoms with van der Waals surface area (Å²) in [7, 11) is 1.57. The minimum atomic E-state index is -1.13. The van der Waals surface area contributed by atoms with Gasteiger partial charge in [-0.25, -0.2) is 9.78 Å². The topological polar surface area (TPSA) is 84.7 Å². The van der Waals surface area contributed by atoms with E-state index < -0.39 is 11.6 Å². The van der Waals surface area contributed by atoms with E-state index in [-0.39, 0.29) is 12.5 Å². The third-order valence-electron chi connectivity index (χ3n) is 5.26. The van der Waals surface area contributed by atoms with Gasteiger partial charge in [-0.05, 0) is 36.2 Å². The predicted molar refractivity (Wildman–Crippen MR) is 111 cm³/mol. The van der Waals surface area contributed by atoms with Crippen molar-refractivity contribution in [3.63, 3.8) is 0 Å². The number of carbonyl (C=O) groups is 2. The van der Waals surface area contributed by atoms with Crippen molar-refractivity contribution in [1.82, 2.24) is 15.2 Å². The molecule has 1 fully saturated rings. The van der Waals surface area contributed by atoms with Crippen LogP contribution in [0.4, 0.5) is 4.79 Å². The van der Waals surface area contributed by atoms with E-state index in [9.17, 15) is 9.59 Å². The van der Waals surface area contributed by atoms with E-state index in [1.807, 2.05) is 19.1 Å². The number of hydrogen-bond acceptors (Lipinski definition) is 5. The Labute approximate surface area is 178 Å². The molecule has 0 saturated carbocycles. The molecule has 2 aromatic carbocycles. The third kappa shape index (κ3) is 3.31. The molecule has 0 bridgehead atoms. The second-order valence-electron chi connectivity index (χ2n) is 6.93. The maximum Gasteiger partial charge on any atom is 0.325 e. The van der Waals surface area contributed by atoms with Gasteiger partial charge in [0.05, 0.1) is 29.9 Å². The van der Waals surface area contributed by atoms with Crippen LogP contribution in [-0.2, 0) is 16.9 Å². The number of nitrogens with one attached hydrogen (secondary N) is 1. The quantitative estimate of drug-likeness (QED) is 0.593. The number of halogens is 1. The van der Waals surface area contributed by atoms with Crippen molar-refractivity contribution < 1.29 is 18.7 Å². The van der Waals surface area contributed by atoms with E-state index in [2.05, 4.69) is 10.3 Å². The van der Waals surface area contributed by atoms with Crippen molar-refractivity contribution >= 4 is 23.5 Å². The van der Waals surface area contributed by atoms with E-state index in [4.69, 9.17) is 20.8 Å². The van der Waals surface area contributed by atoms with Gasteiger partial charge in [-0.3, -0.25) is 9.69 Å². The standard InChI is InChI=1S/C22H20ClN3O4/c1-3-22(14-8-10-16(29-2)11-9-14)20(27)26(21(28)25-22)12-15-13-30-19(24-15)17-6-4-5-7-18(17)23/h4-11,13H,3,12H2,1-2H3,(H,25,28)/t22-/m1/s1. The molecule has 1 N–H and O–H groups in total. The summed E-state index contributed by atoms with van der Waals surface area (Å²) < 4.78 is 10.7. The molecule has 7 nitrogen and oxygen atoms in total. The molecule has 8 heteroatoms. The molecule has 3 amide bonds. The van der Waals surface area contributed by atoms with Crippen molar-refractivity contribution in [3.8, 4) is 17.2 Å². The predicted octanol–water partition coefficient (Wildman–Crippen LogP) is 4.36. The van der Waals surface area contributed by atoms with E-state index in [0.29, 0.717) is 39.9 Å². The van der Waals surface area contributed by atoms with Gasteiger partial charge in [0, 0.05) is 0 Å². The second-order valence-corrected chi connectivity index (χ2v) is 7.34. The van der Waals surface area contributed by atoms with Crippen LogP contribution in [0.1, 0.15) is 24.6 Å². The molecule has 1 atom stereocenters. The highest BCUT2D eigenvalue weighted by atomic mass is 35.5.